The number of amides is 3. The van der Waals surface area contributed by atoms with E-state index in [1.807, 2.05) is 97.9 Å². The number of esters is 1. The van der Waals surface area contributed by atoms with E-state index in [0.29, 0.717) is 25.9 Å². The Morgan fingerprint density at radius 2 is 1.31 bits per heavy atom. The van der Waals surface area contributed by atoms with Gasteiger partial charge in [-0.1, -0.05) is 122 Å². The first-order chi connectivity index (χ1) is 25.9. The van der Waals surface area contributed by atoms with Crippen molar-refractivity contribution < 1.29 is 33.4 Å². The zero-order chi connectivity index (χ0) is 38.7. The van der Waals surface area contributed by atoms with Gasteiger partial charge in [-0.15, -0.1) is 0 Å². The van der Waals surface area contributed by atoms with Gasteiger partial charge in [-0.05, 0) is 67.5 Å². The first-order valence-electron chi connectivity index (χ1n) is 18.3. The molecular formula is C44H49N3O7. The molecule has 10 nitrogen and oxygen atoms in total. The van der Waals surface area contributed by atoms with E-state index in [2.05, 4.69) is 34.9 Å². The van der Waals surface area contributed by atoms with Crippen LogP contribution in [0.2, 0.25) is 0 Å². The summed E-state index contributed by atoms with van der Waals surface area (Å²) in [5, 5.41) is 5.55. The second kappa shape index (κ2) is 18.2. The van der Waals surface area contributed by atoms with E-state index in [1.165, 1.54) is 13.0 Å². The molecule has 282 valence electrons. The molecule has 5 rings (SSSR count). The molecule has 2 N–H and O–H groups in total. The van der Waals surface area contributed by atoms with E-state index in [-0.39, 0.29) is 5.76 Å². The van der Waals surface area contributed by atoms with Crippen LogP contribution in [0.1, 0.15) is 63.8 Å². The second-order valence-corrected chi connectivity index (χ2v) is 14.2. The van der Waals surface area contributed by atoms with Gasteiger partial charge in [0.05, 0.1) is 12.1 Å². The number of benzene rings is 4. The van der Waals surface area contributed by atoms with Crippen molar-refractivity contribution in [1.29, 1.82) is 0 Å². The van der Waals surface area contributed by atoms with Gasteiger partial charge in [-0.25, -0.2) is 9.59 Å². The molecule has 0 aromatic heterocycles. The molecule has 3 atom stereocenters. The molecule has 4 aromatic carbocycles. The highest BCUT2D eigenvalue weighted by Gasteiger charge is 2.45. The summed E-state index contributed by atoms with van der Waals surface area (Å²) < 4.78 is 17.9. The summed E-state index contributed by atoms with van der Waals surface area (Å²) in [6.45, 7) is 9.18. The largest absolute Gasteiger partial charge is 0.471 e. The fraction of sp³-hybridized carbons (Fsp3) is 0.318. The lowest BCUT2D eigenvalue weighted by molar-refractivity contribution is -0.154. The number of alkyl carbamates (subject to hydrolysis) is 1. The van der Waals surface area contributed by atoms with Crippen molar-refractivity contribution in [3.8, 4) is 11.1 Å². The van der Waals surface area contributed by atoms with E-state index in [9.17, 15) is 19.2 Å². The van der Waals surface area contributed by atoms with Gasteiger partial charge in [0, 0.05) is 20.0 Å². The smallest absolute Gasteiger partial charge is 0.408 e. The van der Waals surface area contributed by atoms with Crippen molar-refractivity contribution in [2.24, 2.45) is 0 Å². The van der Waals surface area contributed by atoms with Gasteiger partial charge in [0.1, 0.15) is 5.60 Å². The Bertz CT molecular complexity index is 1850. The van der Waals surface area contributed by atoms with E-state index in [4.69, 9.17) is 14.2 Å². The van der Waals surface area contributed by atoms with Gasteiger partial charge < -0.3 is 29.7 Å². The predicted molar refractivity (Wildman–Crippen MR) is 207 cm³/mol. The molecule has 0 saturated heterocycles. The number of hydrogen-bond donors (Lipinski definition) is 2. The van der Waals surface area contributed by atoms with Crippen molar-refractivity contribution >= 4 is 23.9 Å². The van der Waals surface area contributed by atoms with Gasteiger partial charge in [0.25, 0.3) is 5.91 Å². The normalized spacial score (nSPS) is 16.7. The molecule has 0 fully saturated rings. The molecule has 0 aliphatic carbocycles. The van der Waals surface area contributed by atoms with Crippen molar-refractivity contribution in [2.45, 2.75) is 77.4 Å². The highest BCUT2D eigenvalue weighted by molar-refractivity contribution is 5.90. The Morgan fingerprint density at radius 3 is 1.85 bits per heavy atom. The van der Waals surface area contributed by atoms with Crippen LogP contribution in [0.15, 0.2) is 127 Å². The molecule has 0 unspecified atom stereocenters. The highest BCUT2D eigenvalue weighted by atomic mass is 16.6. The van der Waals surface area contributed by atoms with Crippen LogP contribution in [-0.4, -0.2) is 65.7 Å². The lowest BCUT2D eigenvalue weighted by Crippen LogP contribution is -2.63. The third kappa shape index (κ3) is 10.8. The number of hydrogen-bond acceptors (Lipinski definition) is 7. The lowest BCUT2D eigenvalue weighted by Gasteiger charge is -2.39. The van der Waals surface area contributed by atoms with Crippen molar-refractivity contribution in [2.75, 3.05) is 13.1 Å². The van der Waals surface area contributed by atoms with E-state index < -0.39 is 53.8 Å². The minimum atomic E-state index is -1.39. The first-order valence-corrected chi connectivity index (χ1v) is 18.3. The molecular weight excluding hydrogens is 682 g/mol. The SMILES string of the molecule is CCCN(CCc1ccc(-c2ccccc2)cc1)C(=O)[C@@H]1OC(C(=O)OC(c2ccccc2)c2ccccc2)=C[C@H](NC(=O)OC(C)(C)C)[C@H]1NC(C)=O. The van der Waals surface area contributed by atoms with E-state index in [0.717, 1.165) is 27.8 Å². The second-order valence-electron chi connectivity index (χ2n) is 14.2. The Kier molecular flexibility index (Phi) is 13.3. The highest BCUT2D eigenvalue weighted by Crippen LogP contribution is 2.30. The number of rotatable bonds is 13. The van der Waals surface area contributed by atoms with Crippen molar-refractivity contribution in [3.63, 3.8) is 0 Å². The fourth-order valence-electron chi connectivity index (χ4n) is 6.29. The first kappa shape index (κ1) is 39.3. The zero-order valence-corrected chi connectivity index (χ0v) is 31.5. The molecule has 1 aliphatic heterocycles. The summed E-state index contributed by atoms with van der Waals surface area (Å²) >= 11 is 0. The number of ether oxygens (including phenoxy) is 3. The molecule has 1 heterocycles. The van der Waals surface area contributed by atoms with E-state index >= 15 is 0 Å². The minimum absolute atomic E-state index is 0.277. The fourth-order valence-corrected chi connectivity index (χ4v) is 6.29. The minimum Gasteiger partial charge on any atom is -0.471 e. The maximum Gasteiger partial charge on any atom is 0.408 e. The molecule has 10 heteroatoms. The quantitative estimate of drug-likeness (QED) is 0.140. The Balaban J connectivity index is 1.44. The van der Waals surface area contributed by atoms with Gasteiger partial charge in [-0.3, -0.25) is 9.59 Å². The molecule has 0 saturated carbocycles. The Morgan fingerprint density at radius 1 is 0.759 bits per heavy atom. The van der Waals surface area contributed by atoms with E-state index in [1.54, 1.807) is 25.7 Å². The summed E-state index contributed by atoms with van der Waals surface area (Å²) in [6.07, 6.45) is -0.415. The third-order valence-corrected chi connectivity index (χ3v) is 8.76. The maximum atomic E-state index is 14.6. The maximum absolute atomic E-state index is 14.6. The number of nitrogens with one attached hydrogen (secondary N) is 2. The third-order valence-electron chi connectivity index (χ3n) is 8.76. The Hall–Kier alpha value is -5.90. The van der Waals surface area contributed by atoms with Crippen molar-refractivity contribution in [3.05, 3.63) is 144 Å². The molecule has 3 amide bonds. The van der Waals surface area contributed by atoms with Gasteiger partial charge in [-0.2, -0.15) is 0 Å². The standard InChI is InChI=1S/C44H49N3O7/c1-6-27-47(28-26-31-22-24-33(25-23-31)32-16-10-7-11-17-32)41(49)40-38(45-30(2)48)36(46-43(51)54-44(3,4)5)29-37(52-40)42(50)53-39(34-18-12-8-13-19-34)35-20-14-9-15-21-35/h7-25,29,36,38-40H,6,26-28H2,1-5H3,(H,45,48)(H,46,51)/t36-,38+,40+/m0/s1. The average molecular weight is 732 g/mol. The van der Waals surface area contributed by atoms with Crippen molar-refractivity contribution in [1.82, 2.24) is 15.5 Å². The van der Waals surface area contributed by atoms with Gasteiger partial charge in [0.15, 0.2) is 12.2 Å². The molecule has 0 spiro atoms. The summed E-state index contributed by atoms with van der Waals surface area (Å²) in [4.78, 5) is 56.0. The van der Waals surface area contributed by atoms with Crippen LogP contribution in [0.5, 0.6) is 0 Å². The van der Waals surface area contributed by atoms with Crippen LogP contribution in [-0.2, 0) is 35.0 Å². The number of carbonyl (C=O) groups is 4. The van der Waals surface area contributed by atoms with Crippen LogP contribution >= 0.6 is 0 Å². The topological polar surface area (TPSA) is 123 Å². The monoisotopic (exact) mass is 731 g/mol. The van der Waals surface area contributed by atoms with Crippen LogP contribution < -0.4 is 10.6 Å². The number of carbonyl (C=O) groups excluding carboxylic acids is 4. The summed E-state index contributed by atoms with van der Waals surface area (Å²) in [5.41, 5.74) is 3.85. The summed E-state index contributed by atoms with van der Waals surface area (Å²) in [7, 11) is 0. The van der Waals surface area contributed by atoms with Crippen LogP contribution in [0.4, 0.5) is 4.79 Å². The summed E-state index contributed by atoms with van der Waals surface area (Å²) in [6, 6.07) is 34.7. The van der Waals surface area contributed by atoms with Crippen LogP contribution in [0, 0.1) is 0 Å². The molecule has 0 bridgehead atoms. The lowest BCUT2D eigenvalue weighted by atomic mass is 9.96. The molecule has 4 aromatic rings. The molecule has 54 heavy (non-hydrogen) atoms. The zero-order valence-electron chi connectivity index (χ0n) is 31.5. The average Bonchev–Trinajstić information content (AvgIpc) is 3.16. The van der Waals surface area contributed by atoms with Crippen LogP contribution in [0.25, 0.3) is 11.1 Å². The van der Waals surface area contributed by atoms with Crippen LogP contribution in [0.3, 0.4) is 0 Å². The van der Waals surface area contributed by atoms with Gasteiger partial charge in [0.2, 0.25) is 11.7 Å². The van der Waals surface area contributed by atoms with Gasteiger partial charge >= 0.3 is 12.1 Å². The number of nitrogens with zero attached hydrogens (tertiary/aromatic N) is 1. The molecule has 1 aliphatic rings. The summed E-state index contributed by atoms with van der Waals surface area (Å²) in [5.74, 6) is -2.02. The molecule has 0 radical (unpaired) electrons. The Labute approximate surface area is 317 Å². The predicted octanol–water partition coefficient (Wildman–Crippen LogP) is 7.15.